The van der Waals surface area contributed by atoms with Crippen LogP contribution in [0.5, 0.6) is 0 Å². The number of carboxylic acids is 1. The smallest absolute Gasteiger partial charge is 0.303 e. The summed E-state index contributed by atoms with van der Waals surface area (Å²) in [6.45, 7) is 9.40. The molecular weight excluding hydrogens is 364 g/mol. The largest absolute Gasteiger partial charge is 0.481 e. The van der Waals surface area contributed by atoms with Gasteiger partial charge in [0, 0.05) is 6.42 Å². The van der Waals surface area contributed by atoms with Crippen molar-refractivity contribution in [1.82, 2.24) is 0 Å². The summed E-state index contributed by atoms with van der Waals surface area (Å²) in [5.74, 6) is 1.85. The Kier molecular flexibility index (Phi) is 5.38. The molecule has 0 amide bonds. The van der Waals surface area contributed by atoms with E-state index in [9.17, 15) is 15.0 Å². The predicted octanol–water partition coefficient (Wildman–Crippen LogP) is 4.87. The van der Waals surface area contributed by atoms with E-state index in [0.29, 0.717) is 29.6 Å². The number of fused-ring (bicyclic) bond motifs is 5. The molecule has 0 bridgehead atoms. The highest BCUT2D eigenvalue weighted by atomic mass is 16.4. The predicted molar refractivity (Wildman–Crippen MR) is 113 cm³/mol. The van der Waals surface area contributed by atoms with Crippen LogP contribution in [0.2, 0.25) is 0 Å². The minimum atomic E-state index is -0.709. The van der Waals surface area contributed by atoms with E-state index in [1.165, 1.54) is 19.3 Å². The maximum absolute atomic E-state index is 11.5. The van der Waals surface area contributed by atoms with Crippen molar-refractivity contribution >= 4 is 5.97 Å². The summed E-state index contributed by atoms with van der Waals surface area (Å²) in [4.78, 5) is 11.1. The standard InChI is InChI=1S/C25H42O4/c1-15(5-8-22(28)29)18-6-7-19-17-10-11-23(2)14-16(26)9-12-24(23,3)20(17)13-21(27)25(18,19)4/h15-21,26-27H,5-14H2,1-4H3,(H,28,29)/t15-,16-,17?,18?,19?,20?,21+,23-,24-,25?/m1/s1. The molecule has 0 spiro atoms. The molecule has 4 fully saturated rings. The minimum absolute atomic E-state index is 0.0721. The van der Waals surface area contributed by atoms with E-state index >= 15 is 0 Å². The van der Waals surface area contributed by atoms with Crippen LogP contribution in [-0.2, 0) is 4.79 Å². The second-order valence-electron chi connectivity index (χ2n) is 12.0. The van der Waals surface area contributed by atoms with E-state index in [4.69, 9.17) is 5.11 Å². The number of carboxylic acid groups (broad SMARTS) is 1. The number of carbonyl (C=O) groups is 1. The Hall–Kier alpha value is -0.610. The van der Waals surface area contributed by atoms with Crippen molar-refractivity contribution < 1.29 is 20.1 Å². The third-order valence-corrected chi connectivity index (χ3v) is 11.0. The summed E-state index contributed by atoms with van der Waals surface area (Å²) in [6.07, 6.45) is 9.05. The molecule has 166 valence electrons. The number of hydrogen-bond donors (Lipinski definition) is 3. The lowest BCUT2D eigenvalue weighted by molar-refractivity contribution is -0.201. The molecule has 0 radical (unpaired) electrons. The van der Waals surface area contributed by atoms with Gasteiger partial charge in [0.2, 0.25) is 0 Å². The van der Waals surface area contributed by atoms with Gasteiger partial charge in [-0.3, -0.25) is 4.79 Å². The fourth-order valence-electron chi connectivity index (χ4n) is 9.09. The van der Waals surface area contributed by atoms with Gasteiger partial charge in [0.05, 0.1) is 12.2 Å². The normalized spacial score (nSPS) is 52.9. The number of hydrogen-bond acceptors (Lipinski definition) is 3. The Balaban J connectivity index is 1.59. The highest BCUT2D eigenvalue weighted by Crippen LogP contribution is 2.71. The molecule has 0 saturated heterocycles. The first kappa shape index (κ1) is 21.6. The number of aliphatic hydroxyl groups excluding tert-OH is 2. The Bertz CT molecular complexity index is 649. The van der Waals surface area contributed by atoms with Gasteiger partial charge < -0.3 is 15.3 Å². The third-order valence-electron chi connectivity index (χ3n) is 11.0. The van der Waals surface area contributed by atoms with Crippen molar-refractivity contribution in [3.63, 3.8) is 0 Å². The summed E-state index contributed by atoms with van der Waals surface area (Å²) < 4.78 is 0. The van der Waals surface area contributed by atoms with Gasteiger partial charge in [0.25, 0.3) is 0 Å². The summed E-state index contributed by atoms with van der Waals surface area (Å²) in [7, 11) is 0. The lowest BCUT2D eigenvalue weighted by Crippen LogP contribution is -2.61. The molecule has 4 aliphatic rings. The zero-order valence-corrected chi connectivity index (χ0v) is 18.9. The third kappa shape index (κ3) is 3.11. The van der Waals surface area contributed by atoms with E-state index in [1.807, 2.05) is 0 Å². The minimum Gasteiger partial charge on any atom is -0.481 e. The molecule has 4 saturated carbocycles. The van der Waals surface area contributed by atoms with Crippen LogP contribution in [0.1, 0.15) is 91.9 Å². The van der Waals surface area contributed by atoms with Gasteiger partial charge in [-0.25, -0.2) is 0 Å². The molecule has 4 rings (SSSR count). The lowest BCUT2D eigenvalue weighted by atomic mass is 9.39. The second-order valence-corrected chi connectivity index (χ2v) is 12.0. The van der Waals surface area contributed by atoms with Crippen molar-refractivity contribution in [1.29, 1.82) is 0 Å². The average Bonchev–Trinajstić information content (AvgIpc) is 3.01. The van der Waals surface area contributed by atoms with Gasteiger partial charge in [0.15, 0.2) is 0 Å². The molecule has 10 atom stereocenters. The fourth-order valence-corrected chi connectivity index (χ4v) is 9.09. The van der Waals surface area contributed by atoms with Gasteiger partial charge in [-0.2, -0.15) is 0 Å². The molecule has 0 aliphatic heterocycles. The van der Waals surface area contributed by atoms with Gasteiger partial charge in [-0.15, -0.1) is 0 Å². The molecule has 29 heavy (non-hydrogen) atoms. The Morgan fingerprint density at radius 3 is 2.45 bits per heavy atom. The van der Waals surface area contributed by atoms with Crippen LogP contribution in [0.15, 0.2) is 0 Å². The second kappa shape index (κ2) is 7.22. The molecular formula is C25H42O4. The van der Waals surface area contributed by atoms with Crippen molar-refractivity contribution in [3.05, 3.63) is 0 Å². The van der Waals surface area contributed by atoms with E-state index < -0.39 is 5.97 Å². The average molecular weight is 407 g/mol. The molecule has 0 aromatic rings. The van der Waals surface area contributed by atoms with Gasteiger partial charge in [-0.1, -0.05) is 27.7 Å². The summed E-state index contributed by atoms with van der Waals surface area (Å²) >= 11 is 0. The molecule has 3 N–H and O–H groups in total. The van der Waals surface area contributed by atoms with Crippen LogP contribution in [-0.4, -0.2) is 33.5 Å². The van der Waals surface area contributed by atoms with Crippen LogP contribution >= 0.6 is 0 Å². The van der Waals surface area contributed by atoms with Gasteiger partial charge >= 0.3 is 5.97 Å². The van der Waals surface area contributed by atoms with E-state index in [2.05, 4.69) is 27.7 Å². The zero-order valence-electron chi connectivity index (χ0n) is 18.9. The summed E-state index contributed by atoms with van der Waals surface area (Å²) in [5.41, 5.74) is 0.327. The molecule has 4 nitrogen and oxygen atoms in total. The van der Waals surface area contributed by atoms with E-state index in [1.54, 1.807) is 0 Å². The summed E-state index contributed by atoms with van der Waals surface area (Å²) in [6, 6.07) is 0. The lowest BCUT2D eigenvalue weighted by Gasteiger charge is -2.66. The summed E-state index contributed by atoms with van der Waals surface area (Å²) in [5, 5.41) is 31.0. The maximum atomic E-state index is 11.5. The van der Waals surface area contributed by atoms with Crippen molar-refractivity contribution in [2.45, 2.75) is 104 Å². The molecule has 5 unspecified atom stereocenters. The maximum Gasteiger partial charge on any atom is 0.303 e. The van der Waals surface area contributed by atoms with Crippen LogP contribution in [0.3, 0.4) is 0 Å². The Morgan fingerprint density at radius 2 is 1.76 bits per heavy atom. The SMILES string of the molecule is C[C@H](CCC(=O)O)C1CCC2C3CC[C@]4(C)C[C@H](O)CC[C@]4(C)C3C[C@H](O)C21C. The molecule has 0 aromatic carbocycles. The monoisotopic (exact) mass is 406 g/mol. The first-order chi connectivity index (χ1) is 13.5. The Morgan fingerprint density at radius 1 is 1.03 bits per heavy atom. The first-order valence-corrected chi connectivity index (χ1v) is 12.1. The Labute approximate surface area is 176 Å². The number of aliphatic carboxylic acids is 1. The number of aliphatic hydroxyl groups is 2. The first-order valence-electron chi connectivity index (χ1n) is 12.1. The molecule has 4 heteroatoms. The zero-order chi connectivity index (χ0) is 21.2. The van der Waals surface area contributed by atoms with Crippen LogP contribution in [0, 0.1) is 45.8 Å². The highest BCUT2D eigenvalue weighted by molar-refractivity contribution is 5.66. The van der Waals surface area contributed by atoms with E-state index in [0.717, 1.165) is 38.5 Å². The molecule has 0 heterocycles. The van der Waals surface area contributed by atoms with Crippen molar-refractivity contribution in [2.24, 2.45) is 45.8 Å². The van der Waals surface area contributed by atoms with E-state index in [-0.39, 0.29) is 34.9 Å². The van der Waals surface area contributed by atoms with Gasteiger partial charge in [-0.05, 0) is 104 Å². The molecule has 0 aromatic heterocycles. The van der Waals surface area contributed by atoms with Crippen molar-refractivity contribution in [3.8, 4) is 0 Å². The quantitative estimate of drug-likeness (QED) is 0.622. The van der Waals surface area contributed by atoms with Crippen LogP contribution in [0.4, 0.5) is 0 Å². The van der Waals surface area contributed by atoms with Gasteiger partial charge in [0.1, 0.15) is 0 Å². The topological polar surface area (TPSA) is 77.8 Å². The number of rotatable bonds is 4. The fraction of sp³-hybridized carbons (Fsp3) is 0.960. The van der Waals surface area contributed by atoms with Crippen LogP contribution in [0.25, 0.3) is 0 Å². The molecule has 4 aliphatic carbocycles. The van der Waals surface area contributed by atoms with Crippen molar-refractivity contribution in [2.75, 3.05) is 0 Å². The van der Waals surface area contributed by atoms with Crippen LogP contribution < -0.4 is 0 Å². The highest BCUT2D eigenvalue weighted by Gasteiger charge is 2.66.